The molecule has 1 aliphatic rings. The van der Waals surface area contributed by atoms with Crippen LogP contribution in [0.2, 0.25) is 0 Å². The van der Waals surface area contributed by atoms with E-state index in [4.69, 9.17) is 5.73 Å². The van der Waals surface area contributed by atoms with E-state index in [-0.39, 0.29) is 11.5 Å². The van der Waals surface area contributed by atoms with E-state index in [2.05, 4.69) is 5.43 Å². The minimum absolute atomic E-state index is 0.161. The summed E-state index contributed by atoms with van der Waals surface area (Å²) in [4.78, 5) is 23.6. The van der Waals surface area contributed by atoms with Gasteiger partial charge in [-0.15, -0.1) is 0 Å². The quantitative estimate of drug-likeness (QED) is 0.759. The van der Waals surface area contributed by atoms with E-state index in [1.807, 2.05) is 24.3 Å². The molecule has 0 fully saturated rings. The van der Waals surface area contributed by atoms with Gasteiger partial charge in [0.1, 0.15) is 6.54 Å². The summed E-state index contributed by atoms with van der Waals surface area (Å²) >= 11 is 0. The van der Waals surface area contributed by atoms with Gasteiger partial charge in [0.2, 0.25) is 5.56 Å². The van der Waals surface area contributed by atoms with Crippen molar-refractivity contribution in [1.82, 2.24) is 9.99 Å². The van der Waals surface area contributed by atoms with Crippen LogP contribution in [0.4, 0.5) is 0 Å². The third kappa shape index (κ3) is 2.31. The highest BCUT2D eigenvalue weighted by Gasteiger charge is 2.26. The molecule has 1 aromatic carbocycles. The van der Waals surface area contributed by atoms with Crippen molar-refractivity contribution in [2.75, 3.05) is 0 Å². The van der Waals surface area contributed by atoms with E-state index < -0.39 is 0 Å². The Balaban J connectivity index is 1.85. The zero-order valence-corrected chi connectivity index (χ0v) is 11.5. The Bertz CT molecular complexity index is 820. The number of nitrogens with two attached hydrogens (primary N) is 1. The van der Waals surface area contributed by atoms with Crippen molar-refractivity contribution in [1.29, 1.82) is 0 Å². The molecular formula is C15H15N4O2+. The van der Waals surface area contributed by atoms with Crippen molar-refractivity contribution in [2.24, 2.45) is 12.8 Å². The van der Waals surface area contributed by atoms with Gasteiger partial charge in [0.15, 0.2) is 0 Å². The average Bonchev–Trinajstić information content (AvgIpc) is 2.79. The Morgan fingerprint density at radius 1 is 1.29 bits per heavy atom. The van der Waals surface area contributed by atoms with Crippen LogP contribution < -0.4 is 16.7 Å². The molecule has 1 amide bonds. The van der Waals surface area contributed by atoms with E-state index in [9.17, 15) is 9.59 Å². The van der Waals surface area contributed by atoms with Crippen LogP contribution in [0.1, 0.15) is 21.5 Å². The van der Waals surface area contributed by atoms with Crippen molar-refractivity contribution in [3.63, 3.8) is 0 Å². The number of amidine groups is 1. The lowest BCUT2D eigenvalue weighted by atomic mass is 10.1. The van der Waals surface area contributed by atoms with E-state index in [0.717, 1.165) is 11.1 Å². The van der Waals surface area contributed by atoms with E-state index in [1.54, 1.807) is 11.7 Å². The SMILES string of the molecule is Cn1cc(C(=O)N[N+]2=C(N)c3ccccc3C2)ccc1=O. The molecule has 6 heteroatoms. The summed E-state index contributed by atoms with van der Waals surface area (Å²) < 4.78 is 2.97. The lowest BCUT2D eigenvalue weighted by molar-refractivity contribution is -0.584. The number of hydrazone groups is 1. The Hall–Kier alpha value is -2.89. The molecule has 0 saturated heterocycles. The highest BCUT2D eigenvalue weighted by molar-refractivity contribution is 5.98. The van der Waals surface area contributed by atoms with Gasteiger partial charge in [-0.3, -0.25) is 15.3 Å². The summed E-state index contributed by atoms with van der Waals surface area (Å²) in [7, 11) is 1.60. The number of nitrogens with zero attached hydrogens (tertiary/aromatic N) is 2. The van der Waals surface area contributed by atoms with Crippen LogP contribution in [0.5, 0.6) is 0 Å². The molecule has 0 radical (unpaired) electrons. The third-order valence-electron chi connectivity index (χ3n) is 3.50. The molecule has 21 heavy (non-hydrogen) atoms. The van der Waals surface area contributed by atoms with Crippen LogP contribution in [0.25, 0.3) is 0 Å². The Morgan fingerprint density at radius 2 is 2.05 bits per heavy atom. The Kier molecular flexibility index (Phi) is 3.06. The number of hydrogen-bond acceptors (Lipinski definition) is 3. The van der Waals surface area contributed by atoms with Crippen molar-refractivity contribution in [2.45, 2.75) is 6.54 Å². The second-order valence-corrected chi connectivity index (χ2v) is 4.94. The Morgan fingerprint density at radius 3 is 2.76 bits per heavy atom. The average molecular weight is 283 g/mol. The van der Waals surface area contributed by atoms with Gasteiger partial charge in [0, 0.05) is 24.9 Å². The molecule has 0 atom stereocenters. The first-order valence-corrected chi connectivity index (χ1v) is 6.52. The van der Waals surface area contributed by atoms with E-state index >= 15 is 0 Å². The highest BCUT2D eigenvalue weighted by atomic mass is 16.2. The number of nitrogens with one attached hydrogen (secondary N) is 1. The minimum Gasteiger partial charge on any atom is -0.318 e. The number of carbonyl (C=O) groups excluding carboxylic acids is 1. The molecule has 2 heterocycles. The topological polar surface area (TPSA) is 80.1 Å². The first kappa shape index (κ1) is 13.1. The van der Waals surface area contributed by atoms with Gasteiger partial charge < -0.3 is 4.57 Å². The first-order chi connectivity index (χ1) is 10.1. The molecule has 2 aromatic rings. The van der Waals surface area contributed by atoms with Gasteiger partial charge in [-0.25, -0.2) is 0 Å². The number of fused-ring (bicyclic) bond motifs is 1. The molecule has 0 aliphatic carbocycles. The van der Waals surface area contributed by atoms with E-state index in [0.29, 0.717) is 17.9 Å². The molecule has 1 aliphatic heterocycles. The van der Waals surface area contributed by atoms with E-state index in [1.165, 1.54) is 22.9 Å². The number of aryl methyl sites for hydroxylation is 1. The largest absolute Gasteiger partial charge is 0.318 e. The van der Waals surface area contributed by atoms with Crippen LogP contribution in [-0.2, 0) is 13.6 Å². The summed E-state index contributed by atoms with van der Waals surface area (Å²) in [6, 6.07) is 10.6. The maximum atomic E-state index is 12.2. The molecule has 6 nitrogen and oxygen atoms in total. The molecule has 3 N–H and O–H groups in total. The molecular weight excluding hydrogens is 268 g/mol. The second-order valence-electron chi connectivity index (χ2n) is 4.94. The standard InChI is InChI=1S/C15H14N4O2/c1-18-8-11(6-7-13(18)20)15(21)17-19-9-10-4-2-3-5-12(10)14(19)16/h2-8,16H,9H2,1H3,(H,17,21)/p+1. The zero-order chi connectivity index (χ0) is 15.0. The Labute approximate surface area is 121 Å². The fourth-order valence-electron chi connectivity index (χ4n) is 2.32. The molecule has 0 saturated carbocycles. The number of hydrogen-bond donors (Lipinski definition) is 2. The van der Waals surface area contributed by atoms with Gasteiger partial charge >= 0.3 is 0 Å². The lowest BCUT2D eigenvalue weighted by Crippen LogP contribution is -2.39. The molecule has 0 spiro atoms. The van der Waals surface area contributed by atoms with Crippen LogP contribution >= 0.6 is 0 Å². The summed E-state index contributed by atoms with van der Waals surface area (Å²) in [5, 5.41) is 0. The molecule has 0 unspecified atom stereocenters. The fraction of sp³-hybridized carbons (Fsp3) is 0.133. The molecule has 0 bridgehead atoms. The van der Waals surface area contributed by atoms with Gasteiger partial charge in [-0.1, -0.05) is 18.2 Å². The van der Waals surface area contributed by atoms with Crippen LogP contribution in [0.3, 0.4) is 0 Å². The first-order valence-electron chi connectivity index (χ1n) is 6.52. The van der Waals surface area contributed by atoms with Crippen LogP contribution in [0.15, 0.2) is 47.4 Å². The fourth-order valence-corrected chi connectivity index (χ4v) is 2.32. The maximum absolute atomic E-state index is 12.2. The second kappa shape index (κ2) is 4.90. The summed E-state index contributed by atoms with van der Waals surface area (Å²) in [5.74, 6) is 0.213. The lowest BCUT2D eigenvalue weighted by Gasteiger charge is -2.06. The smallest absolute Gasteiger partial charge is 0.299 e. The number of aromatic nitrogens is 1. The molecule has 1 aromatic heterocycles. The highest BCUT2D eigenvalue weighted by Crippen LogP contribution is 2.15. The zero-order valence-electron chi connectivity index (χ0n) is 11.5. The van der Waals surface area contributed by atoms with Gasteiger partial charge in [0.05, 0.1) is 11.1 Å². The number of amides is 1. The number of carbonyl (C=O) groups is 1. The predicted octanol–water partition coefficient (Wildman–Crippen LogP) is -0.0383. The molecule has 106 valence electrons. The predicted molar refractivity (Wildman–Crippen MR) is 77.9 cm³/mol. The molecule has 3 rings (SSSR count). The normalized spacial score (nSPS) is 13.2. The number of hydrazine groups is 1. The van der Waals surface area contributed by atoms with Gasteiger partial charge in [-0.05, 0) is 12.1 Å². The minimum atomic E-state index is -0.304. The third-order valence-corrected chi connectivity index (χ3v) is 3.50. The number of benzene rings is 1. The van der Waals surface area contributed by atoms with Crippen molar-refractivity contribution in [3.05, 3.63) is 69.6 Å². The van der Waals surface area contributed by atoms with Gasteiger partial charge in [0.25, 0.3) is 11.7 Å². The maximum Gasteiger partial charge on any atom is 0.299 e. The van der Waals surface area contributed by atoms with Crippen molar-refractivity contribution < 1.29 is 9.48 Å². The van der Waals surface area contributed by atoms with Crippen molar-refractivity contribution >= 4 is 11.7 Å². The summed E-state index contributed by atoms with van der Waals surface area (Å²) in [6.45, 7) is 0.527. The number of rotatable bonds is 2. The van der Waals surface area contributed by atoms with Crippen LogP contribution in [0, 0.1) is 0 Å². The summed E-state index contributed by atoms with van der Waals surface area (Å²) in [5.41, 5.74) is 11.0. The monoisotopic (exact) mass is 283 g/mol. The van der Waals surface area contributed by atoms with Gasteiger partial charge in [-0.2, -0.15) is 10.1 Å². The summed E-state index contributed by atoms with van der Waals surface area (Å²) in [6.07, 6.45) is 1.50. The van der Waals surface area contributed by atoms with Crippen molar-refractivity contribution in [3.8, 4) is 0 Å². The van der Waals surface area contributed by atoms with Crippen LogP contribution in [-0.4, -0.2) is 21.0 Å². The number of pyridine rings is 1.